The first-order valence-electron chi connectivity index (χ1n) is 5.35. The van der Waals surface area contributed by atoms with Gasteiger partial charge in [0.1, 0.15) is 6.04 Å². The van der Waals surface area contributed by atoms with Crippen molar-refractivity contribution in [2.75, 3.05) is 0 Å². The third kappa shape index (κ3) is 3.54. The normalized spacial score (nSPS) is 14.4. The third-order valence-electron chi connectivity index (χ3n) is 2.38. The second-order valence-corrected chi connectivity index (χ2v) is 7.37. The highest BCUT2D eigenvalue weighted by molar-refractivity contribution is 7.90. The molecule has 0 bridgehead atoms. The van der Waals surface area contributed by atoms with Crippen molar-refractivity contribution in [2.45, 2.75) is 38.0 Å². The quantitative estimate of drug-likeness (QED) is 0.706. The van der Waals surface area contributed by atoms with E-state index in [4.69, 9.17) is 5.11 Å². The van der Waals surface area contributed by atoms with Crippen molar-refractivity contribution in [1.29, 1.82) is 0 Å². The number of rotatable bonds is 5. The average molecular weight is 275 g/mol. The molecule has 1 heterocycles. The number of nitrogens with zero attached hydrogens (tertiary/aromatic N) is 1. The molecule has 0 aliphatic rings. The second kappa shape index (κ2) is 5.07. The molecule has 102 valence electrons. The minimum Gasteiger partial charge on any atom is -0.480 e. The molecule has 7 nitrogen and oxygen atoms in total. The number of imidazole rings is 1. The van der Waals surface area contributed by atoms with E-state index in [1.54, 1.807) is 0 Å². The Morgan fingerprint density at radius 3 is 2.56 bits per heavy atom. The largest absolute Gasteiger partial charge is 0.480 e. The highest BCUT2D eigenvalue weighted by Crippen LogP contribution is 2.14. The van der Waals surface area contributed by atoms with E-state index in [0.29, 0.717) is 5.69 Å². The van der Waals surface area contributed by atoms with Gasteiger partial charge in [-0.25, -0.2) is 18.1 Å². The van der Waals surface area contributed by atoms with E-state index in [0.717, 1.165) is 0 Å². The molecule has 1 aromatic heterocycles. The van der Waals surface area contributed by atoms with Crippen LogP contribution in [0.4, 0.5) is 0 Å². The van der Waals surface area contributed by atoms with Crippen molar-refractivity contribution in [2.24, 2.45) is 0 Å². The van der Waals surface area contributed by atoms with Gasteiger partial charge in [-0.3, -0.25) is 4.79 Å². The summed E-state index contributed by atoms with van der Waals surface area (Å²) in [5.74, 6) is -1.22. The molecule has 0 saturated carbocycles. The van der Waals surface area contributed by atoms with E-state index in [1.807, 2.05) is 0 Å². The first-order chi connectivity index (χ1) is 8.13. The Balaban J connectivity index is 2.86. The average Bonchev–Trinajstić information content (AvgIpc) is 2.67. The SMILES string of the molecule is CC(C)(C)S(=O)(=O)N[C@@H](Cc1cnc[nH]1)C(=O)O. The molecule has 0 radical (unpaired) electrons. The fraction of sp³-hybridized carbons (Fsp3) is 0.600. The van der Waals surface area contributed by atoms with Gasteiger partial charge in [-0.2, -0.15) is 0 Å². The van der Waals surface area contributed by atoms with Crippen LogP contribution in [-0.2, 0) is 21.2 Å². The molecule has 0 aliphatic heterocycles. The summed E-state index contributed by atoms with van der Waals surface area (Å²) in [6.45, 7) is 4.51. The fourth-order valence-electron chi connectivity index (χ4n) is 1.16. The Hall–Kier alpha value is -1.41. The molecule has 0 spiro atoms. The number of carboxylic acid groups (broad SMARTS) is 1. The Morgan fingerprint density at radius 1 is 1.56 bits per heavy atom. The van der Waals surface area contributed by atoms with E-state index in [-0.39, 0.29) is 6.42 Å². The number of hydrogen-bond donors (Lipinski definition) is 3. The van der Waals surface area contributed by atoms with Crippen molar-refractivity contribution in [3.8, 4) is 0 Å². The van der Waals surface area contributed by atoms with Crippen LogP contribution in [0, 0.1) is 0 Å². The van der Waals surface area contributed by atoms with Gasteiger partial charge in [0.15, 0.2) is 0 Å². The van der Waals surface area contributed by atoms with Crippen LogP contribution in [0.3, 0.4) is 0 Å². The molecule has 8 heteroatoms. The van der Waals surface area contributed by atoms with Crippen LogP contribution in [0.15, 0.2) is 12.5 Å². The maximum absolute atomic E-state index is 11.9. The van der Waals surface area contributed by atoms with Gasteiger partial charge in [0, 0.05) is 18.3 Å². The molecule has 3 N–H and O–H groups in total. The number of aromatic nitrogens is 2. The highest BCUT2D eigenvalue weighted by atomic mass is 32.2. The molecular weight excluding hydrogens is 258 g/mol. The molecule has 1 atom stereocenters. The number of aromatic amines is 1. The Kier molecular flexibility index (Phi) is 4.12. The molecule has 0 aromatic carbocycles. The summed E-state index contributed by atoms with van der Waals surface area (Å²) in [6.07, 6.45) is 2.89. The smallest absolute Gasteiger partial charge is 0.322 e. The van der Waals surface area contributed by atoms with Gasteiger partial charge in [-0.15, -0.1) is 0 Å². The van der Waals surface area contributed by atoms with E-state index in [9.17, 15) is 13.2 Å². The minimum atomic E-state index is -3.71. The lowest BCUT2D eigenvalue weighted by Gasteiger charge is -2.22. The van der Waals surface area contributed by atoms with E-state index in [1.165, 1.54) is 33.3 Å². The first-order valence-corrected chi connectivity index (χ1v) is 6.84. The van der Waals surface area contributed by atoms with Gasteiger partial charge in [-0.05, 0) is 20.8 Å². The number of H-pyrrole nitrogens is 1. The summed E-state index contributed by atoms with van der Waals surface area (Å²) in [5.41, 5.74) is 0.555. The highest BCUT2D eigenvalue weighted by Gasteiger charge is 2.33. The third-order valence-corrected chi connectivity index (χ3v) is 4.59. The molecule has 0 saturated heterocycles. The first kappa shape index (κ1) is 14.7. The van der Waals surface area contributed by atoms with Crippen LogP contribution in [-0.4, -0.2) is 40.3 Å². The van der Waals surface area contributed by atoms with Crippen LogP contribution in [0.25, 0.3) is 0 Å². The molecule has 0 unspecified atom stereocenters. The number of hydrogen-bond acceptors (Lipinski definition) is 4. The maximum atomic E-state index is 11.9. The zero-order valence-electron chi connectivity index (χ0n) is 10.5. The molecular formula is C10H17N3O4S. The van der Waals surface area contributed by atoms with Gasteiger partial charge in [-0.1, -0.05) is 0 Å². The number of carbonyl (C=O) groups is 1. The van der Waals surface area contributed by atoms with E-state index < -0.39 is 26.8 Å². The van der Waals surface area contributed by atoms with E-state index in [2.05, 4.69) is 14.7 Å². The summed E-state index contributed by atoms with van der Waals surface area (Å²) < 4.78 is 24.9. The lowest BCUT2D eigenvalue weighted by atomic mass is 10.2. The second-order valence-electron chi connectivity index (χ2n) is 4.91. The van der Waals surface area contributed by atoms with Gasteiger partial charge in [0.2, 0.25) is 10.0 Å². The van der Waals surface area contributed by atoms with Crippen LogP contribution in [0.2, 0.25) is 0 Å². The monoisotopic (exact) mass is 275 g/mol. The van der Waals surface area contributed by atoms with Gasteiger partial charge >= 0.3 is 5.97 Å². The summed E-state index contributed by atoms with van der Waals surface area (Å²) >= 11 is 0. The number of carboxylic acids is 1. The topological polar surface area (TPSA) is 112 Å². The number of sulfonamides is 1. The summed E-state index contributed by atoms with van der Waals surface area (Å²) in [7, 11) is -3.71. The van der Waals surface area contributed by atoms with Crippen molar-refractivity contribution >= 4 is 16.0 Å². The molecule has 1 aromatic rings. The standard InChI is InChI=1S/C10H17N3O4S/c1-10(2,3)18(16,17)13-8(9(14)15)4-7-5-11-6-12-7/h5-6,8,13H,4H2,1-3H3,(H,11,12)(H,14,15)/t8-/m0/s1. The van der Waals surface area contributed by atoms with Crippen LogP contribution in [0.5, 0.6) is 0 Å². The van der Waals surface area contributed by atoms with Crippen molar-refractivity contribution in [3.63, 3.8) is 0 Å². The van der Waals surface area contributed by atoms with Gasteiger partial charge in [0.05, 0.1) is 11.1 Å². The van der Waals surface area contributed by atoms with Gasteiger partial charge < -0.3 is 10.1 Å². The Labute approximate surface area is 106 Å². The lowest BCUT2D eigenvalue weighted by Crippen LogP contribution is -2.48. The summed E-state index contributed by atoms with van der Waals surface area (Å²) in [4.78, 5) is 17.6. The van der Waals surface area contributed by atoms with Gasteiger partial charge in [0.25, 0.3) is 0 Å². The van der Waals surface area contributed by atoms with Crippen molar-refractivity contribution < 1.29 is 18.3 Å². The van der Waals surface area contributed by atoms with Crippen LogP contribution >= 0.6 is 0 Å². The van der Waals surface area contributed by atoms with Crippen molar-refractivity contribution in [3.05, 3.63) is 18.2 Å². The summed E-state index contributed by atoms with van der Waals surface area (Å²) in [6, 6.07) is -1.21. The zero-order valence-corrected chi connectivity index (χ0v) is 11.3. The zero-order chi connectivity index (χ0) is 14.0. The van der Waals surface area contributed by atoms with Crippen LogP contribution < -0.4 is 4.72 Å². The maximum Gasteiger partial charge on any atom is 0.322 e. The number of nitrogens with one attached hydrogen (secondary N) is 2. The van der Waals surface area contributed by atoms with E-state index >= 15 is 0 Å². The molecule has 0 fully saturated rings. The van der Waals surface area contributed by atoms with Crippen LogP contribution in [0.1, 0.15) is 26.5 Å². The Bertz CT molecular complexity index is 502. The van der Waals surface area contributed by atoms with Crippen molar-refractivity contribution in [1.82, 2.24) is 14.7 Å². The lowest BCUT2D eigenvalue weighted by molar-refractivity contribution is -0.138. The summed E-state index contributed by atoms with van der Waals surface area (Å²) in [5, 5.41) is 9.04. The predicted octanol–water partition coefficient (Wildman–Crippen LogP) is 0.123. The molecule has 0 aliphatic carbocycles. The molecule has 0 amide bonds. The predicted molar refractivity (Wildman–Crippen MR) is 65.5 cm³/mol. The molecule has 1 rings (SSSR count). The fourth-order valence-corrected chi connectivity index (χ4v) is 2.07. The molecule has 18 heavy (non-hydrogen) atoms. The Morgan fingerprint density at radius 2 is 2.17 bits per heavy atom. The minimum absolute atomic E-state index is 0.0185. The number of aliphatic carboxylic acids is 1.